The number of benzene rings is 1. The molecule has 1 amide bonds. The van der Waals surface area contributed by atoms with Crippen LogP contribution in [0.3, 0.4) is 0 Å². The highest BCUT2D eigenvalue weighted by Crippen LogP contribution is 2.26. The minimum absolute atomic E-state index is 0.184. The average molecular weight is 260 g/mol. The van der Waals surface area contributed by atoms with Crippen LogP contribution in [0.5, 0.6) is 5.88 Å². The Morgan fingerprint density at radius 1 is 1.42 bits per heavy atom. The number of amides is 1. The molecule has 3 N–H and O–H groups in total. The normalized spacial score (nSPS) is 12.0. The maximum absolute atomic E-state index is 10.8. The molecule has 1 atom stereocenters. The smallest absolute Gasteiger partial charge is 0.305 e. The standard InChI is InChI=1S/C13H12N2O4/c16-7-14-10(6-12(17)18)11-5-8-3-1-2-4-9(8)13(19)15-11/h1-5,7,10H,6H2,(H,14,16)(H,15,19)(H,17,18)/t10-/m0/s1. The first kappa shape index (κ1) is 12.8. The summed E-state index contributed by atoms with van der Waals surface area (Å²) in [6.07, 6.45) is 0.116. The zero-order valence-corrected chi connectivity index (χ0v) is 9.91. The molecule has 0 saturated carbocycles. The maximum atomic E-state index is 10.8. The molecule has 0 unspecified atom stereocenters. The number of aromatic hydroxyl groups is 1. The summed E-state index contributed by atoms with van der Waals surface area (Å²) in [7, 11) is 0. The highest BCUT2D eigenvalue weighted by molar-refractivity contribution is 5.87. The Bertz CT molecular complexity index is 627. The van der Waals surface area contributed by atoms with Gasteiger partial charge in [-0.3, -0.25) is 9.59 Å². The number of nitrogens with zero attached hydrogens (tertiary/aromatic N) is 1. The van der Waals surface area contributed by atoms with Crippen LogP contribution in [0.2, 0.25) is 0 Å². The van der Waals surface area contributed by atoms with Crippen molar-refractivity contribution < 1.29 is 19.8 Å². The van der Waals surface area contributed by atoms with Gasteiger partial charge < -0.3 is 15.5 Å². The third-order valence-corrected chi connectivity index (χ3v) is 2.75. The molecule has 0 spiro atoms. The lowest BCUT2D eigenvalue weighted by atomic mass is 10.1. The van der Waals surface area contributed by atoms with Gasteiger partial charge in [-0.05, 0) is 17.5 Å². The van der Waals surface area contributed by atoms with Crippen LogP contribution in [0, 0.1) is 0 Å². The Kier molecular flexibility index (Phi) is 3.61. The Morgan fingerprint density at radius 3 is 2.84 bits per heavy atom. The summed E-state index contributed by atoms with van der Waals surface area (Å²) in [6.45, 7) is 0. The van der Waals surface area contributed by atoms with Gasteiger partial charge in [-0.1, -0.05) is 18.2 Å². The molecular formula is C13H12N2O4. The van der Waals surface area contributed by atoms with Crippen LogP contribution >= 0.6 is 0 Å². The molecule has 6 nitrogen and oxygen atoms in total. The quantitative estimate of drug-likeness (QED) is 0.701. The molecule has 0 aliphatic rings. The van der Waals surface area contributed by atoms with Gasteiger partial charge >= 0.3 is 5.97 Å². The van der Waals surface area contributed by atoms with E-state index in [-0.39, 0.29) is 12.3 Å². The molecule has 2 rings (SSSR count). The summed E-state index contributed by atoms with van der Waals surface area (Å²) in [6, 6.07) is 7.93. The Labute approximate surface area is 108 Å². The van der Waals surface area contributed by atoms with Gasteiger partial charge in [-0.2, -0.15) is 0 Å². The van der Waals surface area contributed by atoms with E-state index in [9.17, 15) is 14.7 Å². The number of carbonyl (C=O) groups excluding carboxylic acids is 1. The summed E-state index contributed by atoms with van der Waals surface area (Å²) in [4.78, 5) is 25.2. The summed E-state index contributed by atoms with van der Waals surface area (Å²) in [5.74, 6) is -1.25. The van der Waals surface area contributed by atoms with Crippen LogP contribution in [0.1, 0.15) is 18.2 Å². The van der Waals surface area contributed by atoms with Crippen molar-refractivity contribution in [1.29, 1.82) is 0 Å². The molecule has 1 aromatic heterocycles. The van der Waals surface area contributed by atoms with Gasteiger partial charge in [0.2, 0.25) is 12.3 Å². The second-order valence-electron chi connectivity index (χ2n) is 4.03. The summed E-state index contributed by atoms with van der Waals surface area (Å²) in [5, 5.41) is 22.3. The number of aliphatic carboxylic acids is 1. The third-order valence-electron chi connectivity index (χ3n) is 2.75. The van der Waals surface area contributed by atoms with Gasteiger partial charge in [-0.25, -0.2) is 4.98 Å². The molecule has 0 fully saturated rings. The molecule has 0 saturated heterocycles. The molecule has 6 heteroatoms. The number of hydrogen-bond acceptors (Lipinski definition) is 4. The first-order valence-corrected chi connectivity index (χ1v) is 5.62. The van der Waals surface area contributed by atoms with E-state index in [0.717, 1.165) is 5.39 Å². The second-order valence-corrected chi connectivity index (χ2v) is 4.03. The zero-order valence-electron chi connectivity index (χ0n) is 9.91. The molecule has 1 aromatic carbocycles. The fourth-order valence-electron chi connectivity index (χ4n) is 1.88. The highest BCUT2D eigenvalue weighted by atomic mass is 16.4. The van der Waals surface area contributed by atoms with Gasteiger partial charge in [0.05, 0.1) is 18.2 Å². The van der Waals surface area contributed by atoms with Crippen molar-refractivity contribution in [3.05, 3.63) is 36.0 Å². The molecule has 0 bridgehead atoms. The van der Waals surface area contributed by atoms with E-state index in [2.05, 4.69) is 10.3 Å². The fraction of sp³-hybridized carbons (Fsp3) is 0.154. The number of rotatable bonds is 5. The van der Waals surface area contributed by atoms with Gasteiger partial charge in [0.25, 0.3) is 0 Å². The van der Waals surface area contributed by atoms with Crippen LogP contribution in [-0.4, -0.2) is 27.6 Å². The van der Waals surface area contributed by atoms with E-state index in [0.29, 0.717) is 17.5 Å². The Balaban J connectivity index is 2.47. The van der Waals surface area contributed by atoms with E-state index >= 15 is 0 Å². The van der Waals surface area contributed by atoms with E-state index in [1.54, 1.807) is 30.3 Å². The van der Waals surface area contributed by atoms with E-state index in [1.165, 1.54) is 0 Å². The van der Waals surface area contributed by atoms with Gasteiger partial charge in [0, 0.05) is 5.39 Å². The third kappa shape index (κ3) is 2.79. The number of pyridine rings is 1. The SMILES string of the molecule is O=CN[C@@H](CC(=O)O)c1cc2ccccc2c(O)n1. The predicted octanol–water partition coefficient (Wildman–Crippen LogP) is 1.20. The van der Waals surface area contributed by atoms with Crippen molar-refractivity contribution in [2.75, 3.05) is 0 Å². The lowest BCUT2D eigenvalue weighted by Crippen LogP contribution is -2.23. The number of carbonyl (C=O) groups is 2. The topological polar surface area (TPSA) is 99.5 Å². The highest BCUT2D eigenvalue weighted by Gasteiger charge is 2.18. The van der Waals surface area contributed by atoms with Crippen LogP contribution in [0.25, 0.3) is 10.8 Å². The minimum atomic E-state index is -1.06. The Hall–Kier alpha value is -2.63. The summed E-state index contributed by atoms with van der Waals surface area (Å²) < 4.78 is 0. The van der Waals surface area contributed by atoms with Crippen LogP contribution < -0.4 is 5.32 Å². The molecule has 0 aliphatic carbocycles. The first-order chi connectivity index (χ1) is 9.11. The number of carboxylic acid groups (broad SMARTS) is 1. The van der Waals surface area contributed by atoms with E-state index in [4.69, 9.17) is 5.11 Å². The first-order valence-electron chi connectivity index (χ1n) is 5.62. The number of aromatic nitrogens is 1. The summed E-state index contributed by atoms with van der Waals surface area (Å²) >= 11 is 0. The molecular weight excluding hydrogens is 248 g/mol. The van der Waals surface area contributed by atoms with Crippen LogP contribution in [-0.2, 0) is 9.59 Å². The van der Waals surface area contributed by atoms with Gasteiger partial charge in [0.1, 0.15) is 0 Å². The van der Waals surface area contributed by atoms with Crippen molar-refractivity contribution in [3.8, 4) is 5.88 Å². The molecule has 1 heterocycles. The van der Waals surface area contributed by atoms with Gasteiger partial charge in [-0.15, -0.1) is 0 Å². The van der Waals surface area contributed by atoms with Crippen LogP contribution in [0.4, 0.5) is 0 Å². The monoisotopic (exact) mass is 260 g/mol. The van der Waals surface area contributed by atoms with Crippen molar-refractivity contribution in [1.82, 2.24) is 10.3 Å². The largest absolute Gasteiger partial charge is 0.493 e. The van der Waals surface area contributed by atoms with Gasteiger partial charge in [0.15, 0.2) is 0 Å². The lowest BCUT2D eigenvalue weighted by Gasteiger charge is -2.14. The number of hydrogen-bond donors (Lipinski definition) is 3. The summed E-state index contributed by atoms with van der Waals surface area (Å²) in [5.41, 5.74) is 0.311. The number of nitrogens with one attached hydrogen (secondary N) is 1. The molecule has 98 valence electrons. The lowest BCUT2D eigenvalue weighted by molar-refractivity contribution is -0.137. The van der Waals surface area contributed by atoms with Crippen molar-refractivity contribution >= 4 is 23.2 Å². The van der Waals surface area contributed by atoms with E-state index in [1.807, 2.05) is 0 Å². The maximum Gasteiger partial charge on any atom is 0.305 e. The average Bonchev–Trinajstić information content (AvgIpc) is 2.38. The molecule has 0 radical (unpaired) electrons. The second kappa shape index (κ2) is 5.34. The van der Waals surface area contributed by atoms with Crippen LogP contribution in [0.15, 0.2) is 30.3 Å². The van der Waals surface area contributed by atoms with Crippen molar-refractivity contribution in [2.24, 2.45) is 0 Å². The molecule has 2 aromatic rings. The number of carboxylic acids is 1. The van der Waals surface area contributed by atoms with Crippen molar-refractivity contribution in [2.45, 2.75) is 12.5 Å². The van der Waals surface area contributed by atoms with Crippen molar-refractivity contribution in [3.63, 3.8) is 0 Å². The molecule has 19 heavy (non-hydrogen) atoms. The van der Waals surface area contributed by atoms with E-state index < -0.39 is 12.0 Å². The minimum Gasteiger partial charge on any atom is -0.493 e. The zero-order chi connectivity index (χ0) is 13.8. The fourth-order valence-corrected chi connectivity index (χ4v) is 1.88. The Morgan fingerprint density at radius 2 is 2.16 bits per heavy atom. The number of fused-ring (bicyclic) bond motifs is 1. The predicted molar refractivity (Wildman–Crippen MR) is 67.6 cm³/mol. The molecule has 0 aliphatic heterocycles.